The zero-order valence-corrected chi connectivity index (χ0v) is 20.4. The highest BCUT2D eigenvalue weighted by atomic mass is 79.9. The van der Waals surface area contributed by atoms with E-state index in [2.05, 4.69) is 65.7 Å². The first-order chi connectivity index (χ1) is 15.2. The molecule has 0 atom stereocenters. The third-order valence-corrected chi connectivity index (χ3v) is 7.33. The summed E-state index contributed by atoms with van der Waals surface area (Å²) in [5.41, 5.74) is 9.11. The number of fused-ring (bicyclic) bond motifs is 1. The topological polar surface area (TPSA) is 72.9 Å². The molecule has 0 saturated carbocycles. The van der Waals surface area contributed by atoms with Crippen molar-refractivity contribution < 1.29 is 0 Å². The van der Waals surface area contributed by atoms with Crippen LogP contribution in [0, 0.1) is 0 Å². The van der Waals surface area contributed by atoms with Crippen molar-refractivity contribution >= 4 is 44.7 Å². The number of unbranched alkanes of at least 4 members (excludes halogenated alkanes) is 1. The number of piperidine rings is 1. The van der Waals surface area contributed by atoms with Crippen molar-refractivity contribution in [3.8, 4) is 0 Å². The zero-order chi connectivity index (χ0) is 21.5. The molecule has 2 N–H and O–H groups in total. The Bertz CT molecular complexity index is 971. The molecule has 0 bridgehead atoms. The van der Waals surface area contributed by atoms with E-state index in [0.29, 0.717) is 11.3 Å². The fraction of sp³-hybridized carbons (Fsp3) is 0.522. The molecule has 0 aliphatic carbocycles. The van der Waals surface area contributed by atoms with Gasteiger partial charge in [0.25, 0.3) is 0 Å². The lowest BCUT2D eigenvalue weighted by Crippen LogP contribution is -2.30. The van der Waals surface area contributed by atoms with E-state index < -0.39 is 0 Å². The number of halogens is 1. The van der Waals surface area contributed by atoms with E-state index in [0.717, 1.165) is 47.1 Å². The number of aryl methyl sites for hydroxylation is 2. The van der Waals surface area contributed by atoms with Gasteiger partial charge in [0.05, 0.1) is 0 Å². The molecule has 0 unspecified atom stereocenters. The molecule has 1 aromatic carbocycles. The molecule has 1 saturated heterocycles. The first-order valence-corrected chi connectivity index (χ1v) is 13.1. The first-order valence-electron chi connectivity index (χ1n) is 11.3. The Morgan fingerprint density at radius 2 is 1.71 bits per heavy atom. The molecule has 3 heterocycles. The summed E-state index contributed by atoms with van der Waals surface area (Å²) < 4.78 is 2.92. The standard InChI is InChI=1S/C23H31BrN6S/c24-22-26-19-20(25)27-23(31-17-9-12-18-10-3-1-4-11-18)28-21(19)30(22)16-8-7-15-29-13-5-2-6-14-29/h1,3-4,10-11H,2,5-9,12-17H2,(H2,25,27,28). The van der Waals surface area contributed by atoms with Crippen LogP contribution in [0.15, 0.2) is 40.2 Å². The largest absolute Gasteiger partial charge is 0.382 e. The second kappa shape index (κ2) is 11.3. The summed E-state index contributed by atoms with van der Waals surface area (Å²) in [4.78, 5) is 16.4. The molecular weight excluding hydrogens is 472 g/mol. The van der Waals surface area contributed by atoms with E-state index in [1.54, 1.807) is 11.8 Å². The lowest BCUT2D eigenvalue weighted by Gasteiger charge is -2.26. The van der Waals surface area contributed by atoms with Gasteiger partial charge in [-0.3, -0.25) is 0 Å². The summed E-state index contributed by atoms with van der Waals surface area (Å²) in [7, 11) is 0. The number of benzene rings is 1. The Morgan fingerprint density at radius 3 is 2.52 bits per heavy atom. The number of nitrogen functional groups attached to an aromatic ring is 1. The molecule has 1 fully saturated rings. The quantitative estimate of drug-likeness (QED) is 0.178. The van der Waals surface area contributed by atoms with Crippen LogP contribution in [0.25, 0.3) is 11.2 Å². The van der Waals surface area contributed by atoms with Gasteiger partial charge in [-0.15, -0.1) is 0 Å². The van der Waals surface area contributed by atoms with Crippen LogP contribution in [-0.2, 0) is 13.0 Å². The lowest BCUT2D eigenvalue weighted by molar-refractivity contribution is 0.223. The molecule has 2 aromatic heterocycles. The molecule has 1 aliphatic heterocycles. The van der Waals surface area contributed by atoms with Gasteiger partial charge >= 0.3 is 0 Å². The summed E-state index contributed by atoms with van der Waals surface area (Å²) in [6.07, 6.45) is 8.51. The Hall–Kier alpha value is -1.64. The van der Waals surface area contributed by atoms with Crippen LogP contribution in [0.2, 0.25) is 0 Å². The molecule has 166 valence electrons. The summed E-state index contributed by atoms with van der Waals surface area (Å²) in [6, 6.07) is 10.6. The molecule has 8 heteroatoms. The van der Waals surface area contributed by atoms with Crippen LogP contribution in [0.1, 0.15) is 44.1 Å². The number of aromatic nitrogens is 4. The van der Waals surface area contributed by atoms with Crippen LogP contribution >= 0.6 is 27.7 Å². The Labute approximate surface area is 197 Å². The van der Waals surface area contributed by atoms with Crippen LogP contribution in [0.3, 0.4) is 0 Å². The minimum atomic E-state index is 0.461. The van der Waals surface area contributed by atoms with Gasteiger partial charge in [-0.2, -0.15) is 0 Å². The van der Waals surface area contributed by atoms with Crippen molar-refractivity contribution in [3.05, 3.63) is 40.6 Å². The molecule has 0 spiro atoms. The van der Waals surface area contributed by atoms with Crippen molar-refractivity contribution in [1.82, 2.24) is 24.4 Å². The molecule has 3 aromatic rings. The van der Waals surface area contributed by atoms with Gasteiger partial charge in [-0.1, -0.05) is 48.5 Å². The summed E-state index contributed by atoms with van der Waals surface area (Å²) in [6.45, 7) is 4.59. The van der Waals surface area contributed by atoms with Gasteiger partial charge in [-0.25, -0.2) is 15.0 Å². The maximum absolute atomic E-state index is 6.22. The molecular formula is C23H31BrN6S. The van der Waals surface area contributed by atoms with E-state index in [-0.39, 0.29) is 0 Å². The van der Waals surface area contributed by atoms with Crippen LogP contribution < -0.4 is 5.73 Å². The van der Waals surface area contributed by atoms with Gasteiger partial charge < -0.3 is 15.2 Å². The van der Waals surface area contributed by atoms with Crippen molar-refractivity contribution in [2.75, 3.05) is 31.1 Å². The normalized spacial score (nSPS) is 15.0. The highest BCUT2D eigenvalue weighted by Crippen LogP contribution is 2.26. The van der Waals surface area contributed by atoms with Gasteiger partial charge in [0.15, 0.2) is 26.9 Å². The summed E-state index contributed by atoms with van der Waals surface area (Å²) in [5, 5.41) is 0.736. The van der Waals surface area contributed by atoms with E-state index in [1.807, 2.05) is 0 Å². The minimum Gasteiger partial charge on any atom is -0.382 e. The number of thioether (sulfide) groups is 1. The number of nitrogens with two attached hydrogens (primary N) is 1. The highest BCUT2D eigenvalue weighted by molar-refractivity contribution is 9.10. The van der Waals surface area contributed by atoms with E-state index >= 15 is 0 Å². The summed E-state index contributed by atoms with van der Waals surface area (Å²) >= 11 is 5.27. The fourth-order valence-corrected chi connectivity index (χ4v) is 5.42. The smallest absolute Gasteiger partial charge is 0.191 e. The maximum atomic E-state index is 6.22. The molecule has 31 heavy (non-hydrogen) atoms. The lowest BCUT2D eigenvalue weighted by atomic mass is 10.1. The van der Waals surface area contributed by atoms with E-state index in [9.17, 15) is 0 Å². The molecule has 6 nitrogen and oxygen atoms in total. The Balaban J connectivity index is 1.33. The number of likely N-dealkylation sites (tertiary alicyclic amines) is 1. The van der Waals surface area contributed by atoms with Crippen LogP contribution in [0.5, 0.6) is 0 Å². The Kier molecular flexibility index (Phi) is 8.21. The van der Waals surface area contributed by atoms with Crippen molar-refractivity contribution in [1.29, 1.82) is 0 Å². The molecule has 0 radical (unpaired) electrons. The highest BCUT2D eigenvalue weighted by Gasteiger charge is 2.16. The summed E-state index contributed by atoms with van der Waals surface area (Å²) in [5.74, 6) is 1.42. The third kappa shape index (κ3) is 6.20. The first kappa shape index (κ1) is 22.6. The predicted octanol–water partition coefficient (Wildman–Crippen LogP) is 5.16. The Morgan fingerprint density at radius 1 is 0.935 bits per heavy atom. The van der Waals surface area contributed by atoms with Gasteiger partial charge in [0, 0.05) is 12.3 Å². The number of nitrogens with zero attached hydrogens (tertiary/aromatic N) is 5. The third-order valence-electron chi connectivity index (χ3n) is 5.79. The average Bonchev–Trinajstić information content (AvgIpc) is 3.11. The van der Waals surface area contributed by atoms with Gasteiger partial charge in [0.1, 0.15) is 0 Å². The number of rotatable bonds is 10. The number of imidazole rings is 1. The zero-order valence-electron chi connectivity index (χ0n) is 18.0. The minimum absolute atomic E-state index is 0.461. The number of anilines is 1. The van der Waals surface area contributed by atoms with Crippen molar-refractivity contribution in [2.45, 2.75) is 56.6 Å². The van der Waals surface area contributed by atoms with Crippen molar-refractivity contribution in [3.63, 3.8) is 0 Å². The van der Waals surface area contributed by atoms with Crippen LogP contribution in [0.4, 0.5) is 5.82 Å². The average molecular weight is 504 g/mol. The van der Waals surface area contributed by atoms with E-state index in [4.69, 9.17) is 10.7 Å². The predicted molar refractivity (Wildman–Crippen MR) is 132 cm³/mol. The molecule has 1 aliphatic rings. The monoisotopic (exact) mass is 502 g/mol. The van der Waals surface area contributed by atoms with E-state index in [1.165, 1.54) is 50.9 Å². The molecule has 4 rings (SSSR count). The number of hydrogen-bond donors (Lipinski definition) is 1. The van der Waals surface area contributed by atoms with Gasteiger partial charge in [0.2, 0.25) is 0 Å². The molecule has 0 amide bonds. The second-order valence-electron chi connectivity index (χ2n) is 8.14. The second-order valence-corrected chi connectivity index (χ2v) is 9.91. The van der Waals surface area contributed by atoms with Crippen molar-refractivity contribution in [2.24, 2.45) is 0 Å². The maximum Gasteiger partial charge on any atom is 0.191 e. The number of hydrogen-bond acceptors (Lipinski definition) is 6. The van der Waals surface area contributed by atoms with Crippen LogP contribution in [-0.4, -0.2) is 49.8 Å². The SMILES string of the molecule is Nc1nc(SCCCc2ccccc2)nc2c1nc(Br)n2CCCCN1CCCCC1. The fourth-order valence-electron chi connectivity index (χ4n) is 4.11. The van der Waals surface area contributed by atoms with Gasteiger partial charge in [-0.05, 0) is 79.7 Å².